The number of rotatable bonds is 6. The van der Waals surface area contributed by atoms with Crippen molar-refractivity contribution in [2.45, 2.75) is 11.3 Å². The summed E-state index contributed by atoms with van der Waals surface area (Å²) < 4.78 is 0. The quantitative estimate of drug-likeness (QED) is 0.463. The first-order valence-electron chi connectivity index (χ1n) is 7.56. The molecule has 0 saturated carbocycles. The van der Waals surface area contributed by atoms with E-state index < -0.39 is 17.0 Å². The summed E-state index contributed by atoms with van der Waals surface area (Å²) in [5.74, 6) is -0.400. The Morgan fingerprint density at radius 1 is 1.28 bits per heavy atom. The van der Waals surface area contributed by atoms with E-state index in [-0.39, 0.29) is 23.6 Å². The zero-order valence-electron chi connectivity index (χ0n) is 13.0. The van der Waals surface area contributed by atoms with E-state index in [1.165, 1.54) is 0 Å². The number of carbonyl (C=O) groups excluding carboxylic acids is 2. The van der Waals surface area contributed by atoms with E-state index in [0.29, 0.717) is 0 Å². The van der Waals surface area contributed by atoms with Crippen molar-refractivity contribution in [3.63, 3.8) is 0 Å². The molecule has 0 aromatic heterocycles. The second-order valence-corrected chi connectivity index (χ2v) is 6.48. The fourth-order valence-corrected chi connectivity index (χ4v) is 3.85. The number of amides is 2. The second-order valence-electron chi connectivity index (χ2n) is 5.36. The molecule has 0 unspecified atom stereocenters. The zero-order chi connectivity index (χ0) is 17.8. The molecular weight excluding hydrogens is 346 g/mol. The molecule has 0 spiro atoms. The van der Waals surface area contributed by atoms with Crippen LogP contribution in [0.3, 0.4) is 0 Å². The first kappa shape index (κ1) is 17.0. The highest BCUT2D eigenvalue weighted by Crippen LogP contribution is 2.40. The van der Waals surface area contributed by atoms with E-state index in [2.05, 4.69) is 15.5 Å². The molecule has 1 heterocycles. The number of nitrogens with zero attached hydrogens (tertiary/aromatic N) is 1. The molecule has 2 aromatic carbocycles. The number of benzene rings is 2. The van der Waals surface area contributed by atoms with Gasteiger partial charge < -0.3 is 15.5 Å². The number of fused-ring (bicyclic) bond motifs is 1. The van der Waals surface area contributed by atoms with Gasteiger partial charge in [0.05, 0.1) is 5.25 Å². The van der Waals surface area contributed by atoms with Gasteiger partial charge in [-0.15, -0.1) is 10.1 Å². The van der Waals surface area contributed by atoms with Crippen LogP contribution >= 0.6 is 11.8 Å². The average molecular weight is 361 g/mol. The summed E-state index contributed by atoms with van der Waals surface area (Å²) in [4.78, 5) is 38.5. The minimum Gasteiger partial charge on any atom is -0.352 e. The van der Waals surface area contributed by atoms with Crippen molar-refractivity contribution in [3.8, 4) is 0 Å². The molecule has 0 aliphatic carbocycles. The SMILES string of the molecule is O=C1N[C@H](C(=O)NCCO[N+](=O)[O-])[C@@H](c2cccc3ccccc23)S1. The van der Waals surface area contributed by atoms with Crippen LogP contribution in [-0.4, -0.2) is 35.4 Å². The van der Waals surface area contributed by atoms with Gasteiger partial charge in [-0.1, -0.05) is 54.2 Å². The van der Waals surface area contributed by atoms with Gasteiger partial charge in [-0.05, 0) is 16.3 Å². The predicted molar refractivity (Wildman–Crippen MR) is 92.6 cm³/mol. The van der Waals surface area contributed by atoms with Crippen molar-refractivity contribution in [2.24, 2.45) is 0 Å². The lowest BCUT2D eigenvalue weighted by molar-refractivity contribution is -0.757. The lowest BCUT2D eigenvalue weighted by atomic mass is 9.98. The Labute approximate surface area is 147 Å². The average Bonchev–Trinajstić information content (AvgIpc) is 2.99. The molecule has 0 radical (unpaired) electrons. The zero-order valence-corrected chi connectivity index (χ0v) is 13.8. The fraction of sp³-hybridized carbons (Fsp3) is 0.250. The van der Waals surface area contributed by atoms with Gasteiger partial charge in [0.25, 0.3) is 10.3 Å². The third-order valence-corrected chi connectivity index (χ3v) is 4.93. The van der Waals surface area contributed by atoms with Crippen molar-refractivity contribution in [1.29, 1.82) is 0 Å². The summed E-state index contributed by atoms with van der Waals surface area (Å²) in [7, 11) is 0. The minimum absolute atomic E-state index is 0.0148. The van der Waals surface area contributed by atoms with Crippen molar-refractivity contribution in [2.75, 3.05) is 13.2 Å². The highest BCUT2D eigenvalue weighted by molar-refractivity contribution is 8.14. The van der Waals surface area contributed by atoms with Crippen molar-refractivity contribution >= 4 is 33.7 Å². The molecule has 2 amide bonds. The van der Waals surface area contributed by atoms with Crippen LogP contribution in [0.5, 0.6) is 0 Å². The Morgan fingerprint density at radius 2 is 2.04 bits per heavy atom. The maximum absolute atomic E-state index is 12.4. The third-order valence-electron chi connectivity index (χ3n) is 3.82. The van der Waals surface area contributed by atoms with Gasteiger partial charge in [0.2, 0.25) is 5.91 Å². The van der Waals surface area contributed by atoms with Crippen LogP contribution in [0.2, 0.25) is 0 Å². The molecule has 1 saturated heterocycles. The van der Waals surface area contributed by atoms with Gasteiger partial charge in [0, 0.05) is 6.54 Å². The van der Waals surface area contributed by atoms with E-state index >= 15 is 0 Å². The van der Waals surface area contributed by atoms with E-state index in [4.69, 9.17) is 0 Å². The summed E-state index contributed by atoms with van der Waals surface area (Å²) in [5.41, 5.74) is 0.892. The Bertz CT molecular complexity index is 823. The number of hydrogen-bond acceptors (Lipinski definition) is 6. The van der Waals surface area contributed by atoms with Gasteiger partial charge in [-0.3, -0.25) is 9.59 Å². The Hall–Kier alpha value is -2.81. The van der Waals surface area contributed by atoms with Crippen molar-refractivity contribution in [1.82, 2.24) is 10.6 Å². The van der Waals surface area contributed by atoms with E-state index in [0.717, 1.165) is 28.1 Å². The largest absolute Gasteiger partial charge is 0.352 e. The van der Waals surface area contributed by atoms with E-state index in [9.17, 15) is 19.7 Å². The van der Waals surface area contributed by atoms with Crippen LogP contribution in [0, 0.1) is 10.1 Å². The molecule has 2 atom stereocenters. The highest BCUT2D eigenvalue weighted by atomic mass is 32.2. The van der Waals surface area contributed by atoms with Gasteiger partial charge in [0.15, 0.2) is 0 Å². The normalized spacial score (nSPS) is 19.4. The molecule has 2 aromatic rings. The molecule has 2 N–H and O–H groups in total. The second kappa shape index (κ2) is 7.39. The number of thioether (sulfide) groups is 1. The Kier molecular flexibility index (Phi) is 5.03. The lowest BCUT2D eigenvalue weighted by Gasteiger charge is -2.19. The van der Waals surface area contributed by atoms with E-state index in [1.54, 1.807) is 0 Å². The summed E-state index contributed by atoms with van der Waals surface area (Å²) in [6.07, 6.45) is 0. The monoisotopic (exact) mass is 361 g/mol. The maximum Gasteiger partial charge on any atom is 0.294 e. The van der Waals surface area contributed by atoms with Gasteiger partial charge >= 0.3 is 0 Å². The lowest BCUT2D eigenvalue weighted by Crippen LogP contribution is -2.44. The van der Waals surface area contributed by atoms with E-state index in [1.807, 2.05) is 42.5 Å². The highest BCUT2D eigenvalue weighted by Gasteiger charge is 2.39. The van der Waals surface area contributed by atoms with Crippen molar-refractivity contribution in [3.05, 3.63) is 58.1 Å². The molecular formula is C16H15N3O5S. The standard InChI is InChI=1S/C16H15N3O5S/c20-15(17-8-9-24-19(22)23)13-14(25-16(21)18-13)12-7-3-5-10-4-1-2-6-11(10)12/h1-7,13-14H,8-9H2,(H,17,20)(H,18,21)/t13-,14+/m0/s1. The first-order chi connectivity index (χ1) is 12.1. The summed E-state index contributed by atoms with van der Waals surface area (Å²) >= 11 is 1.06. The molecule has 1 fully saturated rings. The predicted octanol–water partition coefficient (Wildman–Crippen LogP) is 2.03. The van der Waals surface area contributed by atoms with Gasteiger partial charge in [0.1, 0.15) is 12.6 Å². The van der Waals surface area contributed by atoms with Crippen LogP contribution in [0.15, 0.2) is 42.5 Å². The van der Waals surface area contributed by atoms with Crippen LogP contribution in [0.1, 0.15) is 10.8 Å². The molecule has 25 heavy (non-hydrogen) atoms. The molecule has 3 rings (SSSR count). The third kappa shape index (κ3) is 3.82. The topological polar surface area (TPSA) is 111 Å². The van der Waals surface area contributed by atoms with Crippen molar-refractivity contribution < 1.29 is 19.5 Å². The molecule has 1 aliphatic heterocycles. The summed E-state index contributed by atoms with van der Waals surface area (Å²) in [6.45, 7) is -0.259. The Morgan fingerprint density at radius 3 is 2.84 bits per heavy atom. The number of carbonyl (C=O) groups is 2. The van der Waals surface area contributed by atoms with Crippen LogP contribution in [0.25, 0.3) is 10.8 Å². The van der Waals surface area contributed by atoms with Crippen LogP contribution in [0.4, 0.5) is 4.79 Å². The van der Waals surface area contributed by atoms with Gasteiger partial charge in [-0.25, -0.2) is 0 Å². The van der Waals surface area contributed by atoms with Gasteiger partial charge in [-0.2, -0.15) is 0 Å². The number of hydrogen-bond donors (Lipinski definition) is 2. The maximum atomic E-state index is 12.4. The van der Waals surface area contributed by atoms with Crippen LogP contribution in [-0.2, 0) is 9.63 Å². The molecule has 1 aliphatic rings. The summed E-state index contributed by atoms with van der Waals surface area (Å²) in [5, 5.41) is 15.8. The Balaban J connectivity index is 1.78. The number of nitrogens with one attached hydrogen (secondary N) is 2. The molecule has 0 bridgehead atoms. The smallest absolute Gasteiger partial charge is 0.294 e. The fourth-order valence-electron chi connectivity index (χ4n) is 2.77. The molecule has 8 nitrogen and oxygen atoms in total. The minimum atomic E-state index is -0.918. The van der Waals surface area contributed by atoms with Crippen LogP contribution < -0.4 is 10.6 Å². The summed E-state index contributed by atoms with van der Waals surface area (Å²) in [6, 6.07) is 12.8. The molecule has 9 heteroatoms. The molecule has 130 valence electrons. The first-order valence-corrected chi connectivity index (χ1v) is 8.44.